The largest absolute Gasteiger partial charge is 0.494 e. The molecule has 0 spiro atoms. The molecule has 0 fully saturated rings. The second kappa shape index (κ2) is 8.73. The summed E-state index contributed by atoms with van der Waals surface area (Å²) in [6, 6.07) is 16.0. The van der Waals surface area contributed by atoms with Crippen molar-refractivity contribution in [3.63, 3.8) is 0 Å². The van der Waals surface area contributed by atoms with Crippen LogP contribution in [0.2, 0.25) is 0 Å². The molecule has 7 nitrogen and oxygen atoms in total. The number of nitrogens with one attached hydrogen (secondary N) is 1. The fourth-order valence-electron chi connectivity index (χ4n) is 3.35. The van der Waals surface area contributed by atoms with E-state index in [-0.39, 0.29) is 18.4 Å². The van der Waals surface area contributed by atoms with Crippen molar-refractivity contribution in [2.24, 2.45) is 0 Å². The zero-order chi connectivity index (χ0) is 20.9. The molecular weight excluding hydrogens is 384 g/mol. The molecule has 1 aliphatic rings. The van der Waals surface area contributed by atoms with Gasteiger partial charge in [0.1, 0.15) is 11.5 Å². The SMILES string of the molecule is CCOc1ccc(OCC(=O)Nc2ccc3c(c2)N(C(=O)c2ccco2)CC3)cc1. The summed E-state index contributed by atoms with van der Waals surface area (Å²) >= 11 is 0. The maximum atomic E-state index is 12.6. The van der Waals surface area contributed by atoms with Crippen LogP contribution in [0.3, 0.4) is 0 Å². The molecule has 1 aliphatic heterocycles. The van der Waals surface area contributed by atoms with Crippen molar-refractivity contribution in [1.82, 2.24) is 0 Å². The molecule has 0 atom stereocenters. The fraction of sp³-hybridized carbons (Fsp3) is 0.217. The molecule has 4 rings (SSSR count). The van der Waals surface area contributed by atoms with Gasteiger partial charge in [-0.05, 0) is 67.4 Å². The second-order valence-electron chi connectivity index (χ2n) is 6.77. The Morgan fingerprint density at radius 3 is 2.53 bits per heavy atom. The molecular formula is C23H22N2O5. The number of benzene rings is 2. The van der Waals surface area contributed by atoms with Gasteiger partial charge >= 0.3 is 0 Å². The van der Waals surface area contributed by atoms with E-state index in [2.05, 4.69) is 5.32 Å². The van der Waals surface area contributed by atoms with Gasteiger partial charge in [-0.3, -0.25) is 9.59 Å². The zero-order valence-corrected chi connectivity index (χ0v) is 16.6. The minimum atomic E-state index is -0.286. The van der Waals surface area contributed by atoms with Gasteiger partial charge in [-0.1, -0.05) is 6.07 Å². The number of nitrogens with zero attached hydrogens (tertiary/aromatic N) is 1. The van der Waals surface area contributed by atoms with Gasteiger partial charge in [-0.2, -0.15) is 0 Å². The van der Waals surface area contributed by atoms with Crippen LogP contribution in [0.5, 0.6) is 11.5 Å². The number of furan rings is 1. The standard InChI is InChI=1S/C23H22N2O5/c1-2-28-18-7-9-19(10-8-18)30-15-22(26)24-17-6-5-16-11-12-25(20(16)14-17)23(27)21-4-3-13-29-21/h3-10,13-14H,2,11-12,15H2,1H3,(H,24,26). The van der Waals surface area contributed by atoms with Gasteiger partial charge < -0.3 is 24.1 Å². The van der Waals surface area contributed by atoms with E-state index in [4.69, 9.17) is 13.9 Å². The van der Waals surface area contributed by atoms with Crippen LogP contribution in [0.1, 0.15) is 23.0 Å². The first-order chi connectivity index (χ1) is 14.6. The van der Waals surface area contributed by atoms with Crippen LogP contribution in [0.4, 0.5) is 11.4 Å². The lowest BCUT2D eigenvalue weighted by Gasteiger charge is -2.17. The van der Waals surface area contributed by atoms with Crippen molar-refractivity contribution in [3.05, 3.63) is 72.2 Å². The van der Waals surface area contributed by atoms with E-state index in [9.17, 15) is 9.59 Å². The van der Waals surface area contributed by atoms with Crippen molar-refractivity contribution >= 4 is 23.2 Å². The van der Waals surface area contributed by atoms with Crippen LogP contribution in [0.15, 0.2) is 65.3 Å². The number of hydrogen-bond acceptors (Lipinski definition) is 5. The van der Waals surface area contributed by atoms with Gasteiger partial charge in [0.25, 0.3) is 11.8 Å². The third kappa shape index (κ3) is 4.30. The van der Waals surface area contributed by atoms with Crippen LogP contribution in [-0.2, 0) is 11.2 Å². The van der Waals surface area contributed by atoms with Crippen LogP contribution < -0.4 is 19.7 Å². The minimum absolute atomic E-state index is 0.125. The van der Waals surface area contributed by atoms with E-state index in [1.165, 1.54) is 6.26 Å². The maximum absolute atomic E-state index is 12.6. The lowest BCUT2D eigenvalue weighted by molar-refractivity contribution is -0.118. The highest BCUT2D eigenvalue weighted by Gasteiger charge is 2.27. The number of hydrogen-bond donors (Lipinski definition) is 1. The number of carbonyl (C=O) groups is 2. The van der Waals surface area contributed by atoms with Crippen molar-refractivity contribution in [2.75, 3.05) is 30.0 Å². The number of anilines is 2. The summed E-state index contributed by atoms with van der Waals surface area (Å²) in [7, 11) is 0. The molecule has 154 valence electrons. The zero-order valence-electron chi connectivity index (χ0n) is 16.6. The number of carbonyl (C=O) groups excluding carboxylic acids is 2. The quantitative estimate of drug-likeness (QED) is 0.644. The summed E-state index contributed by atoms with van der Waals surface area (Å²) in [5.41, 5.74) is 2.44. The average molecular weight is 406 g/mol. The van der Waals surface area contributed by atoms with Crippen LogP contribution in [0, 0.1) is 0 Å². The van der Waals surface area contributed by atoms with Gasteiger partial charge in [-0.25, -0.2) is 0 Å². The van der Waals surface area contributed by atoms with Crippen LogP contribution in [0.25, 0.3) is 0 Å². The first kappa shape index (κ1) is 19.6. The lowest BCUT2D eigenvalue weighted by atomic mass is 10.1. The normalized spacial score (nSPS) is 12.4. The van der Waals surface area contributed by atoms with E-state index in [1.54, 1.807) is 47.4 Å². The van der Waals surface area contributed by atoms with Crippen molar-refractivity contribution in [3.8, 4) is 11.5 Å². The molecule has 7 heteroatoms. The third-order valence-electron chi connectivity index (χ3n) is 4.75. The second-order valence-corrected chi connectivity index (χ2v) is 6.77. The Balaban J connectivity index is 1.37. The summed E-state index contributed by atoms with van der Waals surface area (Å²) < 4.78 is 16.1. The summed E-state index contributed by atoms with van der Waals surface area (Å²) in [5, 5.41) is 2.82. The third-order valence-corrected chi connectivity index (χ3v) is 4.75. The molecule has 2 heterocycles. The Hall–Kier alpha value is -3.74. The van der Waals surface area contributed by atoms with E-state index in [0.29, 0.717) is 30.3 Å². The molecule has 1 aromatic heterocycles. The molecule has 0 radical (unpaired) electrons. The average Bonchev–Trinajstić information content (AvgIpc) is 3.43. The molecule has 0 saturated heterocycles. The smallest absolute Gasteiger partial charge is 0.293 e. The highest BCUT2D eigenvalue weighted by atomic mass is 16.5. The molecule has 2 amide bonds. The summed E-state index contributed by atoms with van der Waals surface area (Å²) in [4.78, 5) is 26.6. The van der Waals surface area contributed by atoms with Gasteiger partial charge in [0, 0.05) is 17.9 Å². The topological polar surface area (TPSA) is 81.0 Å². The van der Waals surface area contributed by atoms with Crippen LogP contribution >= 0.6 is 0 Å². The molecule has 30 heavy (non-hydrogen) atoms. The summed E-state index contributed by atoms with van der Waals surface area (Å²) in [6.45, 7) is 2.96. The van der Waals surface area contributed by atoms with Crippen molar-refractivity contribution in [2.45, 2.75) is 13.3 Å². The summed E-state index contributed by atoms with van der Waals surface area (Å²) in [5.74, 6) is 1.15. The first-order valence-electron chi connectivity index (χ1n) is 9.78. The van der Waals surface area contributed by atoms with Gasteiger partial charge in [0.15, 0.2) is 12.4 Å². The van der Waals surface area contributed by atoms with Crippen molar-refractivity contribution in [1.29, 1.82) is 0 Å². The van der Waals surface area contributed by atoms with Gasteiger partial charge in [-0.15, -0.1) is 0 Å². The van der Waals surface area contributed by atoms with E-state index in [1.807, 2.05) is 19.1 Å². The lowest BCUT2D eigenvalue weighted by Crippen LogP contribution is -2.28. The molecule has 1 N–H and O–H groups in total. The van der Waals surface area contributed by atoms with Gasteiger partial charge in [0.2, 0.25) is 0 Å². The fourth-order valence-corrected chi connectivity index (χ4v) is 3.35. The Bertz CT molecular complexity index is 1030. The van der Waals surface area contributed by atoms with E-state index >= 15 is 0 Å². The van der Waals surface area contributed by atoms with E-state index < -0.39 is 0 Å². The Morgan fingerprint density at radius 2 is 1.83 bits per heavy atom. The number of rotatable bonds is 7. The predicted molar refractivity (Wildman–Crippen MR) is 112 cm³/mol. The molecule has 0 saturated carbocycles. The highest BCUT2D eigenvalue weighted by Crippen LogP contribution is 2.32. The predicted octanol–water partition coefficient (Wildman–Crippen LogP) is 3.90. The molecule has 2 aromatic carbocycles. The Morgan fingerprint density at radius 1 is 1.07 bits per heavy atom. The van der Waals surface area contributed by atoms with E-state index in [0.717, 1.165) is 23.4 Å². The number of amides is 2. The van der Waals surface area contributed by atoms with Crippen molar-refractivity contribution < 1.29 is 23.5 Å². The number of ether oxygens (including phenoxy) is 2. The molecule has 0 unspecified atom stereocenters. The first-order valence-corrected chi connectivity index (χ1v) is 9.78. The summed E-state index contributed by atoms with van der Waals surface area (Å²) in [6.07, 6.45) is 2.24. The highest BCUT2D eigenvalue weighted by molar-refractivity contribution is 6.06. The molecule has 3 aromatic rings. The Labute approximate surface area is 174 Å². The Kier molecular flexibility index (Phi) is 5.70. The van der Waals surface area contributed by atoms with Gasteiger partial charge in [0.05, 0.1) is 12.9 Å². The van der Waals surface area contributed by atoms with Crippen LogP contribution in [-0.4, -0.2) is 31.6 Å². The number of fused-ring (bicyclic) bond motifs is 1. The molecule has 0 aliphatic carbocycles. The minimum Gasteiger partial charge on any atom is -0.494 e. The molecule has 0 bridgehead atoms. The maximum Gasteiger partial charge on any atom is 0.293 e. The monoisotopic (exact) mass is 406 g/mol.